The van der Waals surface area contributed by atoms with Crippen molar-refractivity contribution >= 4 is 11.8 Å². The Bertz CT molecular complexity index is 300. The fourth-order valence-electron chi connectivity index (χ4n) is 1.75. The van der Waals surface area contributed by atoms with Crippen molar-refractivity contribution in [2.45, 2.75) is 24.6 Å². The maximum Gasteiger partial charge on any atom is 0.0415 e. The smallest absolute Gasteiger partial charge is 0.0415 e. The van der Waals surface area contributed by atoms with Crippen LogP contribution in [0.4, 0.5) is 0 Å². The number of hydrogen-bond donors (Lipinski definition) is 1. The summed E-state index contributed by atoms with van der Waals surface area (Å²) in [6.07, 6.45) is 1.12. The molecule has 0 aromatic heterocycles. The third-order valence-electron chi connectivity index (χ3n) is 2.86. The summed E-state index contributed by atoms with van der Waals surface area (Å²) in [4.78, 5) is 2.22. The fourth-order valence-corrected chi connectivity index (χ4v) is 3.13. The van der Waals surface area contributed by atoms with E-state index in [9.17, 15) is 0 Å². The Balaban J connectivity index is 2.49. The lowest BCUT2D eigenvalue weighted by molar-refractivity contribution is 0.437. The number of thioether (sulfide) groups is 1. The average molecular weight is 252 g/mol. The molecule has 2 atom stereocenters. The van der Waals surface area contributed by atoms with Crippen LogP contribution in [0.25, 0.3) is 0 Å². The second-order valence-corrected chi connectivity index (χ2v) is 5.90. The molecular weight excluding hydrogens is 228 g/mol. The first-order chi connectivity index (χ1) is 8.15. The van der Waals surface area contributed by atoms with Gasteiger partial charge < -0.3 is 10.6 Å². The van der Waals surface area contributed by atoms with Gasteiger partial charge in [-0.1, -0.05) is 37.3 Å². The second kappa shape index (κ2) is 7.75. The van der Waals surface area contributed by atoms with Crippen LogP contribution in [0.3, 0.4) is 0 Å². The highest BCUT2D eigenvalue weighted by Crippen LogP contribution is 2.26. The van der Waals surface area contributed by atoms with Gasteiger partial charge in [0.05, 0.1) is 0 Å². The van der Waals surface area contributed by atoms with Gasteiger partial charge in [-0.05, 0) is 26.1 Å². The first-order valence-corrected chi connectivity index (χ1v) is 7.27. The summed E-state index contributed by atoms with van der Waals surface area (Å²) < 4.78 is 0. The molecule has 1 aromatic carbocycles. The van der Waals surface area contributed by atoms with Crippen LogP contribution in [-0.4, -0.2) is 36.5 Å². The summed E-state index contributed by atoms with van der Waals surface area (Å²) in [5.74, 6) is 1.14. The molecule has 17 heavy (non-hydrogen) atoms. The molecule has 0 fully saturated rings. The van der Waals surface area contributed by atoms with Gasteiger partial charge >= 0.3 is 0 Å². The van der Waals surface area contributed by atoms with E-state index < -0.39 is 0 Å². The predicted octanol–water partition coefficient (Wildman–Crippen LogP) is 2.76. The molecular formula is C14H24N2S. The average Bonchev–Trinajstić information content (AvgIpc) is 2.34. The number of hydrogen-bond acceptors (Lipinski definition) is 3. The van der Waals surface area contributed by atoms with Crippen molar-refractivity contribution < 1.29 is 0 Å². The Hall–Kier alpha value is -0.510. The topological polar surface area (TPSA) is 29.3 Å². The van der Waals surface area contributed by atoms with Crippen LogP contribution in [-0.2, 0) is 0 Å². The van der Waals surface area contributed by atoms with Gasteiger partial charge in [-0.15, -0.1) is 0 Å². The molecule has 96 valence electrons. The standard InChI is InChI=1S/C14H24N2S/c1-4-13(17-11-10-16(2)3)14(15)12-8-6-5-7-9-12/h5-9,13-14H,4,10-11,15H2,1-3H3. The van der Waals surface area contributed by atoms with Crippen molar-refractivity contribution in [3.8, 4) is 0 Å². The normalized spacial score (nSPS) is 14.9. The quantitative estimate of drug-likeness (QED) is 0.809. The number of benzene rings is 1. The molecule has 0 saturated carbocycles. The molecule has 1 aromatic rings. The fraction of sp³-hybridized carbons (Fsp3) is 0.571. The molecule has 0 spiro atoms. The lowest BCUT2D eigenvalue weighted by atomic mass is 10.0. The maximum absolute atomic E-state index is 6.33. The molecule has 2 unspecified atom stereocenters. The Labute approximate surface area is 110 Å². The van der Waals surface area contributed by atoms with Gasteiger partial charge in [0.2, 0.25) is 0 Å². The molecule has 2 N–H and O–H groups in total. The van der Waals surface area contributed by atoms with E-state index in [0.29, 0.717) is 5.25 Å². The minimum Gasteiger partial charge on any atom is -0.323 e. The summed E-state index contributed by atoms with van der Waals surface area (Å²) in [6, 6.07) is 10.6. The molecule has 0 bridgehead atoms. The zero-order chi connectivity index (χ0) is 12.7. The predicted molar refractivity (Wildman–Crippen MR) is 78.5 cm³/mol. The number of nitrogens with two attached hydrogens (primary N) is 1. The summed E-state index contributed by atoms with van der Waals surface area (Å²) in [6.45, 7) is 3.33. The van der Waals surface area contributed by atoms with E-state index >= 15 is 0 Å². The van der Waals surface area contributed by atoms with E-state index in [2.05, 4.69) is 50.2 Å². The van der Waals surface area contributed by atoms with E-state index in [1.54, 1.807) is 0 Å². The molecule has 3 heteroatoms. The van der Waals surface area contributed by atoms with Crippen molar-refractivity contribution in [2.24, 2.45) is 5.73 Å². The summed E-state index contributed by atoms with van der Waals surface area (Å²) in [5, 5.41) is 0.511. The van der Waals surface area contributed by atoms with Crippen LogP contribution in [0.5, 0.6) is 0 Å². The largest absolute Gasteiger partial charge is 0.323 e. The zero-order valence-corrected chi connectivity index (χ0v) is 11.9. The van der Waals surface area contributed by atoms with Crippen LogP contribution in [0.15, 0.2) is 30.3 Å². The Kier molecular flexibility index (Phi) is 6.63. The minimum atomic E-state index is 0.147. The molecule has 0 saturated heterocycles. The summed E-state index contributed by atoms with van der Waals surface area (Å²) >= 11 is 1.99. The molecule has 2 nitrogen and oxygen atoms in total. The van der Waals surface area contributed by atoms with Gasteiger partial charge in [-0.2, -0.15) is 11.8 Å². The first-order valence-electron chi connectivity index (χ1n) is 6.22. The highest BCUT2D eigenvalue weighted by atomic mass is 32.2. The van der Waals surface area contributed by atoms with Gasteiger partial charge in [0.25, 0.3) is 0 Å². The summed E-state index contributed by atoms with van der Waals surface area (Å²) in [5.41, 5.74) is 7.58. The SMILES string of the molecule is CCC(SCCN(C)C)C(N)c1ccccc1. The van der Waals surface area contributed by atoms with Crippen molar-refractivity contribution in [2.75, 3.05) is 26.4 Å². The van der Waals surface area contributed by atoms with Gasteiger partial charge in [0, 0.05) is 23.6 Å². The number of nitrogens with zero attached hydrogens (tertiary/aromatic N) is 1. The van der Waals surface area contributed by atoms with E-state index in [1.807, 2.05) is 17.8 Å². The van der Waals surface area contributed by atoms with Crippen molar-refractivity contribution in [3.05, 3.63) is 35.9 Å². The third kappa shape index (κ3) is 5.11. The van der Waals surface area contributed by atoms with E-state index in [4.69, 9.17) is 5.73 Å². The van der Waals surface area contributed by atoms with E-state index in [-0.39, 0.29) is 6.04 Å². The molecule has 0 amide bonds. The second-order valence-electron chi connectivity index (χ2n) is 4.56. The Morgan fingerprint density at radius 1 is 1.24 bits per heavy atom. The van der Waals surface area contributed by atoms with Crippen LogP contribution >= 0.6 is 11.8 Å². The molecule has 0 aliphatic rings. The van der Waals surface area contributed by atoms with Gasteiger partial charge in [-0.25, -0.2) is 0 Å². The Morgan fingerprint density at radius 3 is 2.41 bits per heavy atom. The van der Waals surface area contributed by atoms with Gasteiger partial charge in [0.15, 0.2) is 0 Å². The Morgan fingerprint density at radius 2 is 1.88 bits per heavy atom. The molecule has 0 radical (unpaired) electrons. The highest BCUT2D eigenvalue weighted by Gasteiger charge is 2.17. The summed E-state index contributed by atoms with van der Waals surface area (Å²) in [7, 11) is 4.22. The zero-order valence-electron chi connectivity index (χ0n) is 11.1. The lowest BCUT2D eigenvalue weighted by Gasteiger charge is -2.23. The van der Waals surface area contributed by atoms with E-state index in [0.717, 1.165) is 18.7 Å². The van der Waals surface area contributed by atoms with Crippen molar-refractivity contribution in [1.82, 2.24) is 4.90 Å². The van der Waals surface area contributed by atoms with Crippen LogP contribution in [0.2, 0.25) is 0 Å². The number of rotatable bonds is 7. The van der Waals surface area contributed by atoms with Crippen molar-refractivity contribution in [1.29, 1.82) is 0 Å². The third-order valence-corrected chi connectivity index (χ3v) is 4.33. The first kappa shape index (κ1) is 14.6. The molecule has 0 aliphatic carbocycles. The monoisotopic (exact) mass is 252 g/mol. The lowest BCUT2D eigenvalue weighted by Crippen LogP contribution is -2.25. The molecule has 0 aliphatic heterocycles. The molecule has 0 heterocycles. The van der Waals surface area contributed by atoms with Crippen LogP contribution in [0.1, 0.15) is 24.9 Å². The van der Waals surface area contributed by atoms with Crippen LogP contribution in [0, 0.1) is 0 Å². The van der Waals surface area contributed by atoms with Gasteiger partial charge in [-0.3, -0.25) is 0 Å². The van der Waals surface area contributed by atoms with Crippen LogP contribution < -0.4 is 5.73 Å². The van der Waals surface area contributed by atoms with E-state index in [1.165, 1.54) is 5.56 Å². The molecule has 1 rings (SSSR count). The van der Waals surface area contributed by atoms with Crippen molar-refractivity contribution in [3.63, 3.8) is 0 Å². The maximum atomic E-state index is 6.33. The minimum absolute atomic E-state index is 0.147. The van der Waals surface area contributed by atoms with Gasteiger partial charge in [0.1, 0.15) is 0 Å². The highest BCUT2D eigenvalue weighted by molar-refractivity contribution is 7.99.